The molecule has 1 saturated carbocycles. The van der Waals surface area contributed by atoms with E-state index in [2.05, 4.69) is 15.3 Å². The summed E-state index contributed by atoms with van der Waals surface area (Å²) in [7, 11) is 0. The third kappa shape index (κ3) is 4.66. The Morgan fingerprint density at radius 3 is 2.82 bits per heavy atom. The molecule has 2 rings (SSSR count). The monoisotopic (exact) mass is 259 g/mol. The minimum absolute atomic E-state index is 0. The number of aliphatic hydroxyl groups is 1. The molecule has 1 unspecified atom stereocenters. The molecule has 1 aliphatic rings. The lowest BCUT2D eigenvalue weighted by Gasteiger charge is -2.26. The van der Waals surface area contributed by atoms with Gasteiger partial charge in [0.15, 0.2) is 0 Å². The van der Waals surface area contributed by atoms with Crippen LogP contribution < -0.4 is 5.32 Å². The molecule has 1 heterocycles. The fourth-order valence-corrected chi connectivity index (χ4v) is 2.42. The van der Waals surface area contributed by atoms with E-state index in [1.165, 1.54) is 32.1 Å². The number of aromatic amines is 1. The van der Waals surface area contributed by atoms with Crippen LogP contribution in [0.4, 0.5) is 0 Å². The first-order valence-corrected chi connectivity index (χ1v) is 6.23. The zero-order valence-electron chi connectivity index (χ0n) is 10.1. The van der Waals surface area contributed by atoms with Crippen molar-refractivity contribution in [2.75, 3.05) is 6.54 Å². The molecule has 5 heteroatoms. The van der Waals surface area contributed by atoms with E-state index in [-0.39, 0.29) is 18.5 Å². The Morgan fingerprint density at radius 2 is 2.18 bits per heavy atom. The first kappa shape index (κ1) is 14.5. The fourth-order valence-electron chi connectivity index (χ4n) is 2.42. The van der Waals surface area contributed by atoms with Gasteiger partial charge in [0.05, 0.1) is 12.6 Å². The number of halogens is 1. The summed E-state index contributed by atoms with van der Waals surface area (Å²) < 4.78 is 0. The van der Waals surface area contributed by atoms with Gasteiger partial charge in [-0.05, 0) is 18.8 Å². The van der Waals surface area contributed by atoms with Crippen LogP contribution in [0.1, 0.15) is 37.9 Å². The molecule has 0 aromatic carbocycles. The Kier molecular flexibility index (Phi) is 6.55. The van der Waals surface area contributed by atoms with Crippen LogP contribution in [0.5, 0.6) is 0 Å². The molecule has 0 aliphatic heterocycles. The molecule has 1 aliphatic carbocycles. The largest absolute Gasteiger partial charge is 0.392 e. The van der Waals surface area contributed by atoms with E-state index in [1.54, 1.807) is 6.20 Å². The SMILES string of the molecule is Cl.OC(CNCc1ncc[nH]1)C1CCCCC1. The summed E-state index contributed by atoms with van der Waals surface area (Å²) in [6, 6.07) is 0. The van der Waals surface area contributed by atoms with Crippen LogP contribution in [0.15, 0.2) is 12.4 Å². The van der Waals surface area contributed by atoms with Crippen molar-refractivity contribution >= 4 is 12.4 Å². The van der Waals surface area contributed by atoms with Crippen molar-refractivity contribution in [2.45, 2.75) is 44.8 Å². The summed E-state index contributed by atoms with van der Waals surface area (Å²) in [6.07, 6.45) is 9.62. The normalized spacial score (nSPS) is 18.6. The zero-order chi connectivity index (χ0) is 11.2. The van der Waals surface area contributed by atoms with Gasteiger partial charge in [0.25, 0.3) is 0 Å². The van der Waals surface area contributed by atoms with Crippen LogP contribution >= 0.6 is 12.4 Å². The summed E-state index contributed by atoms with van der Waals surface area (Å²) in [5.74, 6) is 1.42. The number of aliphatic hydroxyl groups excluding tert-OH is 1. The van der Waals surface area contributed by atoms with Crippen molar-refractivity contribution in [2.24, 2.45) is 5.92 Å². The Bertz CT molecular complexity index is 286. The van der Waals surface area contributed by atoms with Crippen LogP contribution in [-0.4, -0.2) is 27.7 Å². The Morgan fingerprint density at radius 1 is 1.41 bits per heavy atom. The van der Waals surface area contributed by atoms with Crippen molar-refractivity contribution in [1.82, 2.24) is 15.3 Å². The second-order valence-electron chi connectivity index (χ2n) is 4.63. The maximum atomic E-state index is 10.0. The maximum absolute atomic E-state index is 10.0. The van der Waals surface area contributed by atoms with E-state index in [0.29, 0.717) is 19.0 Å². The number of hydrogen-bond donors (Lipinski definition) is 3. The number of nitrogens with zero attached hydrogens (tertiary/aromatic N) is 1. The third-order valence-electron chi connectivity index (χ3n) is 3.39. The van der Waals surface area contributed by atoms with Gasteiger partial charge in [0.1, 0.15) is 5.82 Å². The molecular weight excluding hydrogens is 238 g/mol. The first-order valence-electron chi connectivity index (χ1n) is 6.23. The molecule has 1 aromatic heterocycles. The molecule has 0 radical (unpaired) electrons. The van der Waals surface area contributed by atoms with Gasteiger partial charge < -0.3 is 15.4 Å². The summed E-state index contributed by atoms with van der Waals surface area (Å²) in [5.41, 5.74) is 0. The lowest BCUT2D eigenvalue weighted by Crippen LogP contribution is -2.33. The van der Waals surface area contributed by atoms with Gasteiger partial charge in [-0.1, -0.05) is 19.3 Å². The van der Waals surface area contributed by atoms with E-state index in [9.17, 15) is 5.11 Å². The molecule has 0 bridgehead atoms. The van der Waals surface area contributed by atoms with Gasteiger partial charge in [-0.15, -0.1) is 12.4 Å². The third-order valence-corrected chi connectivity index (χ3v) is 3.39. The molecule has 1 atom stereocenters. The van der Waals surface area contributed by atoms with Gasteiger partial charge in [-0.3, -0.25) is 0 Å². The average Bonchev–Trinajstić information content (AvgIpc) is 2.83. The summed E-state index contributed by atoms with van der Waals surface area (Å²) in [5, 5.41) is 13.3. The van der Waals surface area contributed by atoms with Crippen molar-refractivity contribution in [1.29, 1.82) is 0 Å². The van der Waals surface area contributed by atoms with Crippen molar-refractivity contribution in [3.63, 3.8) is 0 Å². The highest BCUT2D eigenvalue weighted by molar-refractivity contribution is 5.85. The highest BCUT2D eigenvalue weighted by atomic mass is 35.5. The summed E-state index contributed by atoms with van der Waals surface area (Å²) >= 11 is 0. The molecular formula is C12H22ClN3O. The Labute approximate surface area is 109 Å². The number of nitrogens with one attached hydrogen (secondary N) is 2. The molecule has 4 nitrogen and oxygen atoms in total. The summed E-state index contributed by atoms with van der Waals surface area (Å²) in [6.45, 7) is 1.38. The molecule has 1 fully saturated rings. The van der Waals surface area contributed by atoms with E-state index in [4.69, 9.17) is 0 Å². The first-order chi connectivity index (χ1) is 7.86. The van der Waals surface area contributed by atoms with Gasteiger partial charge in [-0.2, -0.15) is 0 Å². The van der Waals surface area contributed by atoms with Gasteiger partial charge in [-0.25, -0.2) is 4.98 Å². The minimum Gasteiger partial charge on any atom is -0.392 e. The highest BCUT2D eigenvalue weighted by Crippen LogP contribution is 2.26. The van der Waals surface area contributed by atoms with Crippen molar-refractivity contribution in [3.05, 3.63) is 18.2 Å². The van der Waals surface area contributed by atoms with Crippen molar-refractivity contribution < 1.29 is 5.11 Å². The average molecular weight is 260 g/mol. The highest BCUT2D eigenvalue weighted by Gasteiger charge is 2.20. The maximum Gasteiger partial charge on any atom is 0.120 e. The van der Waals surface area contributed by atoms with Crippen LogP contribution in [-0.2, 0) is 6.54 Å². The predicted octanol–water partition coefficient (Wildman–Crippen LogP) is 1.86. The Balaban J connectivity index is 0.00000144. The molecule has 17 heavy (non-hydrogen) atoms. The molecule has 98 valence electrons. The van der Waals surface area contributed by atoms with Gasteiger partial charge >= 0.3 is 0 Å². The van der Waals surface area contributed by atoms with Crippen LogP contribution in [0.25, 0.3) is 0 Å². The van der Waals surface area contributed by atoms with Gasteiger partial charge in [0, 0.05) is 18.9 Å². The zero-order valence-corrected chi connectivity index (χ0v) is 10.9. The summed E-state index contributed by atoms with van der Waals surface area (Å²) in [4.78, 5) is 7.16. The lowest BCUT2D eigenvalue weighted by molar-refractivity contribution is 0.0837. The number of rotatable bonds is 5. The number of hydrogen-bond acceptors (Lipinski definition) is 3. The van der Waals surface area contributed by atoms with E-state index < -0.39 is 0 Å². The predicted molar refractivity (Wildman–Crippen MR) is 70.1 cm³/mol. The van der Waals surface area contributed by atoms with E-state index in [1.807, 2.05) is 6.20 Å². The Hall–Kier alpha value is -0.580. The van der Waals surface area contributed by atoms with E-state index in [0.717, 1.165) is 5.82 Å². The van der Waals surface area contributed by atoms with Gasteiger partial charge in [0.2, 0.25) is 0 Å². The van der Waals surface area contributed by atoms with Crippen LogP contribution in [0.3, 0.4) is 0 Å². The molecule has 3 N–H and O–H groups in total. The second kappa shape index (κ2) is 7.69. The number of aromatic nitrogens is 2. The number of H-pyrrole nitrogens is 1. The lowest BCUT2D eigenvalue weighted by atomic mass is 9.85. The van der Waals surface area contributed by atoms with Crippen molar-refractivity contribution in [3.8, 4) is 0 Å². The molecule has 0 saturated heterocycles. The van der Waals surface area contributed by atoms with E-state index >= 15 is 0 Å². The van der Waals surface area contributed by atoms with Crippen LogP contribution in [0.2, 0.25) is 0 Å². The van der Waals surface area contributed by atoms with Crippen LogP contribution in [0, 0.1) is 5.92 Å². The molecule has 0 spiro atoms. The second-order valence-corrected chi connectivity index (χ2v) is 4.63. The number of imidazole rings is 1. The smallest absolute Gasteiger partial charge is 0.120 e. The topological polar surface area (TPSA) is 60.9 Å². The standard InChI is InChI=1S/C12H21N3O.ClH/c16-11(10-4-2-1-3-5-10)8-13-9-12-14-6-7-15-12;/h6-7,10-11,13,16H,1-5,8-9H2,(H,14,15);1H. The minimum atomic E-state index is -0.199. The molecule has 0 amide bonds. The fraction of sp³-hybridized carbons (Fsp3) is 0.750. The quantitative estimate of drug-likeness (QED) is 0.757. The molecule has 1 aromatic rings.